The summed E-state index contributed by atoms with van der Waals surface area (Å²) in [7, 11) is 0. The van der Waals surface area contributed by atoms with Gasteiger partial charge in [0.05, 0.1) is 0 Å². The molecular weight excluding hydrogens is 480 g/mol. The molecule has 0 aromatic heterocycles. The van der Waals surface area contributed by atoms with Gasteiger partial charge in [-0.05, 0) is 94.7 Å². The van der Waals surface area contributed by atoms with Gasteiger partial charge in [0.1, 0.15) is 0 Å². The minimum absolute atomic E-state index is 1.24. The maximum atomic E-state index is 2.42. The van der Waals surface area contributed by atoms with Crippen LogP contribution in [-0.2, 0) is 0 Å². The molecule has 0 fully saturated rings. The van der Waals surface area contributed by atoms with Crippen molar-refractivity contribution in [2.75, 3.05) is 0 Å². The average Bonchev–Trinajstić information content (AvgIpc) is 3.03. The van der Waals surface area contributed by atoms with Crippen molar-refractivity contribution in [3.8, 4) is 33.4 Å². The van der Waals surface area contributed by atoms with Gasteiger partial charge >= 0.3 is 0 Å². The van der Waals surface area contributed by atoms with E-state index in [-0.39, 0.29) is 0 Å². The largest absolute Gasteiger partial charge is 0.0622 e. The Morgan fingerprint density at radius 1 is 0.250 bits per heavy atom. The molecule has 0 aliphatic rings. The van der Waals surface area contributed by atoms with E-state index in [1.807, 2.05) is 0 Å². The Hall–Kier alpha value is -5.20. The molecule has 0 spiro atoms. The average molecular weight is 507 g/mol. The van der Waals surface area contributed by atoms with Crippen LogP contribution < -0.4 is 0 Å². The van der Waals surface area contributed by atoms with Gasteiger partial charge in [-0.1, -0.05) is 140 Å². The highest BCUT2D eigenvalue weighted by atomic mass is 14.2. The van der Waals surface area contributed by atoms with Crippen LogP contribution in [-0.4, -0.2) is 0 Å². The van der Waals surface area contributed by atoms with E-state index in [4.69, 9.17) is 0 Å². The van der Waals surface area contributed by atoms with Crippen molar-refractivity contribution in [3.63, 3.8) is 0 Å². The lowest BCUT2D eigenvalue weighted by atomic mass is 9.84. The summed E-state index contributed by atoms with van der Waals surface area (Å²) >= 11 is 0. The number of rotatable bonds is 3. The molecule has 0 aliphatic heterocycles. The lowest BCUT2D eigenvalue weighted by molar-refractivity contribution is 1.64. The third-order valence-corrected chi connectivity index (χ3v) is 8.21. The van der Waals surface area contributed by atoms with Crippen LogP contribution in [0.2, 0.25) is 0 Å². The second-order valence-electron chi connectivity index (χ2n) is 10.5. The van der Waals surface area contributed by atoms with Gasteiger partial charge in [-0.25, -0.2) is 0 Å². The minimum atomic E-state index is 1.24. The number of fused-ring (bicyclic) bond motifs is 4. The minimum Gasteiger partial charge on any atom is -0.0622 e. The van der Waals surface area contributed by atoms with Crippen molar-refractivity contribution >= 4 is 43.1 Å². The van der Waals surface area contributed by atoms with Crippen LogP contribution in [0.4, 0.5) is 0 Å². The van der Waals surface area contributed by atoms with Gasteiger partial charge in [-0.2, -0.15) is 0 Å². The smallest absolute Gasteiger partial charge is 0.00262 e. The Morgan fingerprint density at radius 2 is 0.775 bits per heavy atom. The molecule has 0 amide bonds. The van der Waals surface area contributed by atoms with E-state index in [9.17, 15) is 0 Å². The van der Waals surface area contributed by atoms with Gasteiger partial charge in [-0.15, -0.1) is 0 Å². The number of hydrogen-bond acceptors (Lipinski definition) is 0. The topological polar surface area (TPSA) is 0 Å². The first-order chi connectivity index (χ1) is 19.8. The molecule has 8 rings (SSSR count). The monoisotopic (exact) mass is 506 g/mol. The van der Waals surface area contributed by atoms with Crippen molar-refractivity contribution in [3.05, 3.63) is 158 Å². The maximum Gasteiger partial charge on any atom is -0.00262 e. The quantitative estimate of drug-likeness (QED) is 0.209. The molecule has 0 nitrogen and oxygen atoms in total. The van der Waals surface area contributed by atoms with Crippen LogP contribution in [0.1, 0.15) is 0 Å². The molecule has 0 N–H and O–H groups in total. The molecule has 0 radical (unpaired) electrons. The molecular formula is C40H26. The SMILES string of the molecule is c1ccc(-c2c3ccccc3c(-c3ccccc3)c3cc(-c4cccc5cc6ccccc6cc45)ccc23)cc1. The molecule has 0 atom stereocenters. The van der Waals surface area contributed by atoms with E-state index in [1.165, 1.54) is 76.5 Å². The van der Waals surface area contributed by atoms with Gasteiger partial charge in [0.25, 0.3) is 0 Å². The first-order valence-electron chi connectivity index (χ1n) is 13.9. The van der Waals surface area contributed by atoms with Crippen molar-refractivity contribution in [1.29, 1.82) is 0 Å². The second-order valence-corrected chi connectivity index (χ2v) is 10.5. The summed E-state index contributed by atoms with van der Waals surface area (Å²) < 4.78 is 0. The van der Waals surface area contributed by atoms with Crippen LogP contribution in [0.15, 0.2) is 158 Å². The van der Waals surface area contributed by atoms with Crippen molar-refractivity contribution < 1.29 is 0 Å². The van der Waals surface area contributed by atoms with E-state index >= 15 is 0 Å². The predicted octanol–water partition coefficient (Wildman–Crippen LogP) is 11.3. The molecule has 0 saturated carbocycles. The van der Waals surface area contributed by atoms with Crippen LogP contribution >= 0.6 is 0 Å². The van der Waals surface area contributed by atoms with Crippen LogP contribution in [0.5, 0.6) is 0 Å². The summed E-state index contributed by atoms with van der Waals surface area (Å²) in [4.78, 5) is 0. The van der Waals surface area contributed by atoms with Crippen LogP contribution in [0.3, 0.4) is 0 Å². The molecule has 0 heterocycles. The highest BCUT2D eigenvalue weighted by Crippen LogP contribution is 2.45. The Morgan fingerprint density at radius 3 is 1.45 bits per heavy atom. The van der Waals surface area contributed by atoms with Gasteiger partial charge in [0, 0.05) is 0 Å². The van der Waals surface area contributed by atoms with E-state index in [0.717, 1.165) is 0 Å². The summed E-state index contributed by atoms with van der Waals surface area (Å²) in [5, 5.41) is 10.2. The normalized spacial score (nSPS) is 11.5. The standard InChI is InChI=1S/C40H26/c1-3-12-27(13-4-1)39-34-19-9-10-20-35(34)40(28-14-5-2-6-15-28)38-26-32(22-23-36(38)39)33-21-11-18-31-24-29-16-7-8-17-30(29)25-37(31)33/h1-26H. The first kappa shape index (κ1) is 22.8. The maximum absolute atomic E-state index is 2.42. The fourth-order valence-corrected chi connectivity index (χ4v) is 6.40. The summed E-state index contributed by atoms with van der Waals surface area (Å²) in [6, 6.07) is 57.6. The summed E-state index contributed by atoms with van der Waals surface area (Å²) in [6.07, 6.45) is 0. The molecule has 0 saturated heterocycles. The zero-order valence-electron chi connectivity index (χ0n) is 22.0. The van der Waals surface area contributed by atoms with E-state index in [0.29, 0.717) is 0 Å². The molecule has 186 valence electrons. The summed E-state index contributed by atoms with van der Waals surface area (Å²) in [6.45, 7) is 0. The van der Waals surface area contributed by atoms with Crippen molar-refractivity contribution in [2.24, 2.45) is 0 Å². The molecule has 8 aromatic rings. The third kappa shape index (κ3) is 3.61. The molecule has 0 unspecified atom stereocenters. The molecule has 0 aliphatic carbocycles. The lowest BCUT2D eigenvalue weighted by Gasteiger charge is -2.19. The first-order valence-corrected chi connectivity index (χ1v) is 13.9. The van der Waals surface area contributed by atoms with E-state index in [2.05, 4.69) is 158 Å². The zero-order valence-corrected chi connectivity index (χ0v) is 22.0. The van der Waals surface area contributed by atoms with Gasteiger partial charge < -0.3 is 0 Å². The number of benzene rings is 8. The molecule has 40 heavy (non-hydrogen) atoms. The highest BCUT2D eigenvalue weighted by Gasteiger charge is 2.17. The Kier molecular flexibility index (Phi) is 5.24. The fraction of sp³-hybridized carbons (Fsp3) is 0. The van der Waals surface area contributed by atoms with Crippen LogP contribution in [0.25, 0.3) is 76.5 Å². The Labute approximate surface area is 233 Å². The third-order valence-electron chi connectivity index (χ3n) is 8.21. The summed E-state index contributed by atoms with van der Waals surface area (Å²) in [5.41, 5.74) is 7.57. The zero-order chi connectivity index (χ0) is 26.5. The van der Waals surface area contributed by atoms with Gasteiger partial charge in [0.2, 0.25) is 0 Å². The van der Waals surface area contributed by atoms with E-state index < -0.39 is 0 Å². The summed E-state index contributed by atoms with van der Waals surface area (Å²) in [5.74, 6) is 0. The second kappa shape index (κ2) is 9.22. The fourth-order valence-electron chi connectivity index (χ4n) is 6.40. The van der Waals surface area contributed by atoms with Gasteiger partial charge in [-0.3, -0.25) is 0 Å². The molecule has 0 bridgehead atoms. The Balaban J connectivity index is 1.50. The van der Waals surface area contributed by atoms with Crippen LogP contribution in [0, 0.1) is 0 Å². The molecule has 0 heteroatoms. The highest BCUT2D eigenvalue weighted by molar-refractivity contribution is 6.22. The Bertz CT molecular complexity index is 2190. The van der Waals surface area contributed by atoms with Gasteiger partial charge in [0.15, 0.2) is 0 Å². The number of hydrogen-bond donors (Lipinski definition) is 0. The molecule has 8 aromatic carbocycles. The lowest BCUT2D eigenvalue weighted by Crippen LogP contribution is -1.92. The van der Waals surface area contributed by atoms with Crippen molar-refractivity contribution in [1.82, 2.24) is 0 Å². The van der Waals surface area contributed by atoms with E-state index in [1.54, 1.807) is 0 Å². The van der Waals surface area contributed by atoms with Crippen molar-refractivity contribution in [2.45, 2.75) is 0 Å². The predicted molar refractivity (Wildman–Crippen MR) is 173 cm³/mol.